The number of allylic oxidation sites excluding steroid dienone is 2. The number of esters is 1. The zero-order valence-corrected chi connectivity index (χ0v) is 44.7. The highest BCUT2D eigenvalue weighted by Crippen LogP contribution is 2.18. The van der Waals surface area contributed by atoms with E-state index in [9.17, 15) is 19.8 Å². The Morgan fingerprint density at radius 1 is 0.409 bits per heavy atom. The van der Waals surface area contributed by atoms with Gasteiger partial charge in [0.15, 0.2) is 0 Å². The summed E-state index contributed by atoms with van der Waals surface area (Å²) in [5, 5.41) is 23.3. The van der Waals surface area contributed by atoms with Gasteiger partial charge in [-0.2, -0.15) is 0 Å². The summed E-state index contributed by atoms with van der Waals surface area (Å²) in [5.74, 6) is -0.0410. The van der Waals surface area contributed by atoms with Gasteiger partial charge in [0.05, 0.1) is 25.4 Å². The van der Waals surface area contributed by atoms with Crippen molar-refractivity contribution in [3.63, 3.8) is 0 Å². The van der Waals surface area contributed by atoms with Gasteiger partial charge in [0.1, 0.15) is 0 Å². The standard InChI is InChI=1S/C60H117NO5/c1-3-5-7-9-11-13-15-17-18-19-22-25-29-32-36-40-44-48-52-58(63)57(56-62)61-59(64)53-49-45-41-37-33-30-26-23-20-21-24-27-31-35-39-43-47-51-55-66-60(65)54-50-46-42-38-34-28-16-14-12-10-8-6-4-2/h23,26,57-58,62-63H,3-22,24-25,27-56H2,1-2H3,(H,61,64)/b26-23-. The number of nitrogens with one attached hydrogen (secondary N) is 1. The minimum absolute atomic E-state index is 0.00523. The second-order valence-corrected chi connectivity index (χ2v) is 20.7. The number of ether oxygens (including phenoxy) is 1. The molecule has 392 valence electrons. The maximum atomic E-state index is 12.5. The molecule has 0 aromatic heterocycles. The highest BCUT2D eigenvalue weighted by Gasteiger charge is 2.20. The highest BCUT2D eigenvalue weighted by atomic mass is 16.5. The smallest absolute Gasteiger partial charge is 0.305 e. The predicted octanol–water partition coefficient (Wildman–Crippen LogP) is 18.5. The van der Waals surface area contributed by atoms with Crippen molar-refractivity contribution in [3.05, 3.63) is 12.2 Å². The molecule has 0 radical (unpaired) electrons. The molecule has 0 aliphatic rings. The fourth-order valence-corrected chi connectivity index (χ4v) is 9.46. The molecule has 1 amide bonds. The molecule has 0 saturated heterocycles. The minimum atomic E-state index is -0.672. The summed E-state index contributed by atoms with van der Waals surface area (Å²) in [5.41, 5.74) is 0. The minimum Gasteiger partial charge on any atom is -0.466 e. The lowest BCUT2D eigenvalue weighted by Crippen LogP contribution is -2.45. The van der Waals surface area contributed by atoms with Crippen LogP contribution in [-0.4, -0.2) is 47.4 Å². The Hall–Kier alpha value is -1.40. The normalized spacial score (nSPS) is 12.6. The van der Waals surface area contributed by atoms with Gasteiger partial charge in [-0.3, -0.25) is 9.59 Å². The van der Waals surface area contributed by atoms with Gasteiger partial charge in [0, 0.05) is 12.8 Å². The van der Waals surface area contributed by atoms with Gasteiger partial charge in [-0.1, -0.05) is 283 Å². The first-order chi connectivity index (χ1) is 32.5. The number of carbonyl (C=O) groups is 2. The van der Waals surface area contributed by atoms with E-state index < -0.39 is 12.1 Å². The van der Waals surface area contributed by atoms with E-state index in [1.165, 1.54) is 244 Å². The average molecular weight is 933 g/mol. The Balaban J connectivity index is 3.44. The Bertz CT molecular complexity index is 986. The third kappa shape index (κ3) is 52.0. The van der Waals surface area contributed by atoms with Gasteiger partial charge < -0.3 is 20.3 Å². The second-order valence-electron chi connectivity index (χ2n) is 20.7. The Morgan fingerprint density at radius 2 is 0.712 bits per heavy atom. The van der Waals surface area contributed by atoms with Gasteiger partial charge >= 0.3 is 5.97 Å². The SMILES string of the molecule is CCCCCCCCCCCCCCCCCCCCC(O)C(CO)NC(=O)CCCCCCC/C=C\CCCCCCCCCCCOC(=O)CCCCCCCCCCCCCCC. The van der Waals surface area contributed by atoms with E-state index in [2.05, 4.69) is 31.3 Å². The van der Waals surface area contributed by atoms with Crippen molar-refractivity contribution in [3.8, 4) is 0 Å². The van der Waals surface area contributed by atoms with Crippen LogP contribution in [0.5, 0.6) is 0 Å². The molecule has 0 spiro atoms. The maximum absolute atomic E-state index is 12.5. The van der Waals surface area contributed by atoms with Crippen LogP contribution in [0.2, 0.25) is 0 Å². The molecule has 0 aromatic rings. The Morgan fingerprint density at radius 3 is 1.08 bits per heavy atom. The number of aliphatic hydroxyl groups excluding tert-OH is 2. The molecule has 0 fully saturated rings. The maximum Gasteiger partial charge on any atom is 0.305 e. The summed E-state index contributed by atoms with van der Waals surface area (Å²) in [6.45, 7) is 4.96. The lowest BCUT2D eigenvalue weighted by atomic mass is 10.0. The highest BCUT2D eigenvalue weighted by molar-refractivity contribution is 5.76. The quantitative estimate of drug-likeness (QED) is 0.0321. The first kappa shape index (κ1) is 64.6. The largest absolute Gasteiger partial charge is 0.466 e. The predicted molar refractivity (Wildman–Crippen MR) is 287 cm³/mol. The first-order valence-electron chi connectivity index (χ1n) is 29.9. The van der Waals surface area contributed by atoms with Crippen LogP contribution in [0, 0.1) is 0 Å². The number of carbonyl (C=O) groups excluding carboxylic acids is 2. The van der Waals surface area contributed by atoms with Crippen LogP contribution in [0.15, 0.2) is 12.2 Å². The number of amides is 1. The van der Waals surface area contributed by atoms with Crippen LogP contribution >= 0.6 is 0 Å². The Labute approximate surface area is 412 Å². The molecule has 0 bridgehead atoms. The van der Waals surface area contributed by atoms with E-state index in [1.807, 2.05) is 0 Å². The number of rotatable bonds is 56. The van der Waals surface area contributed by atoms with E-state index in [1.54, 1.807) is 0 Å². The number of aliphatic hydroxyl groups is 2. The number of hydrogen-bond acceptors (Lipinski definition) is 5. The molecule has 6 nitrogen and oxygen atoms in total. The van der Waals surface area contributed by atoms with Crippen molar-refractivity contribution in [2.24, 2.45) is 0 Å². The van der Waals surface area contributed by atoms with Crippen LogP contribution in [0.25, 0.3) is 0 Å². The lowest BCUT2D eigenvalue weighted by Gasteiger charge is -2.22. The van der Waals surface area contributed by atoms with Crippen LogP contribution in [0.1, 0.15) is 335 Å². The molecule has 66 heavy (non-hydrogen) atoms. The first-order valence-corrected chi connectivity index (χ1v) is 29.9. The number of unbranched alkanes of at least 4 members (excludes halogenated alkanes) is 43. The zero-order valence-electron chi connectivity index (χ0n) is 44.7. The van der Waals surface area contributed by atoms with Gasteiger partial charge in [0.25, 0.3) is 0 Å². The molecular weight excluding hydrogens is 815 g/mol. The third-order valence-corrected chi connectivity index (χ3v) is 14.1. The molecule has 0 aromatic carbocycles. The fraction of sp³-hybridized carbons (Fsp3) is 0.933. The molecule has 0 saturated carbocycles. The summed E-state index contributed by atoms with van der Waals surface area (Å²) < 4.78 is 5.47. The third-order valence-electron chi connectivity index (χ3n) is 14.1. The van der Waals surface area contributed by atoms with Gasteiger partial charge in [0.2, 0.25) is 5.91 Å². The summed E-state index contributed by atoms with van der Waals surface area (Å²) in [7, 11) is 0. The molecular formula is C60H117NO5. The molecule has 6 heteroatoms. The monoisotopic (exact) mass is 932 g/mol. The molecule has 2 atom stereocenters. The molecule has 3 N–H and O–H groups in total. The van der Waals surface area contributed by atoms with Crippen molar-refractivity contribution in [2.75, 3.05) is 13.2 Å². The molecule has 0 heterocycles. The zero-order chi connectivity index (χ0) is 47.9. The lowest BCUT2D eigenvalue weighted by molar-refractivity contribution is -0.143. The van der Waals surface area contributed by atoms with Gasteiger partial charge in [-0.05, 0) is 51.4 Å². The van der Waals surface area contributed by atoms with Crippen LogP contribution in [-0.2, 0) is 14.3 Å². The Kier molecular flexibility index (Phi) is 55.0. The molecule has 0 aliphatic carbocycles. The van der Waals surface area contributed by atoms with E-state index in [0.29, 0.717) is 25.9 Å². The fourth-order valence-electron chi connectivity index (χ4n) is 9.46. The van der Waals surface area contributed by atoms with Crippen molar-refractivity contribution in [2.45, 2.75) is 347 Å². The van der Waals surface area contributed by atoms with Crippen LogP contribution in [0.3, 0.4) is 0 Å². The van der Waals surface area contributed by atoms with Crippen molar-refractivity contribution >= 4 is 11.9 Å². The molecule has 0 rings (SSSR count). The van der Waals surface area contributed by atoms with Crippen LogP contribution in [0.4, 0.5) is 0 Å². The van der Waals surface area contributed by atoms with Crippen molar-refractivity contribution in [1.29, 1.82) is 0 Å². The second kappa shape index (κ2) is 56.2. The van der Waals surface area contributed by atoms with Crippen molar-refractivity contribution in [1.82, 2.24) is 5.32 Å². The number of hydrogen-bond donors (Lipinski definition) is 3. The molecule has 2 unspecified atom stereocenters. The van der Waals surface area contributed by atoms with E-state index in [-0.39, 0.29) is 18.5 Å². The summed E-state index contributed by atoms with van der Waals surface area (Å²) in [4.78, 5) is 24.5. The van der Waals surface area contributed by atoms with E-state index in [4.69, 9.17) is 4.74 Å². The molecule has 0 aliphatic heterocycles. The summed E-state index contributed by atoms with van der Waals surface area (Å²) in [6, 6.07) is -0.551. The topological polar surface area (TPSA) is 95.9 Å². The van der Waals surface area contributed by atoms with Crippen LogP contribution < -0.4 is 5.32 Å². The average Bonchev–Trinajstić information content (AvgIpc) is 3.32. The van der Waals surface area contributed by atoms with Crippen molar-refractivity contribution < 1.29 is 24.5 Å². The van der Waals surface area contributed by atoms with E-state index in [0.717, 1.165) is 57.8 Å². The van der Waals surface area contributed by atoms with Gasteiger partial charge in [-0.15, -0.1) is 0 Å². The van der Waals surface area contributed by atoms with Gasteiger partial charge in [-0.25, -0.2) is 0 Å². The summed E-state index contributed by atoms with van der Waals surface area (Å²) >= 11 is 0. The summed E-state index contributed by atoms with van der Waals surface area (Å²) in [6.07, 6.45) is 66.3. The van der Waals surface area contributed by atoms with E-state index >= 15 is 0 Å².